The molecule has 0 fully saturated rings. The van der Waals surface area contributed by atoms with Crippen molar-refractivity contribution in [1.29, 1.82) is 5.41 Å². The summed E-state index contributed by atoms with van der Waals surface area (Å²) in [6.07, 6.45) is -0.296. The molecular formula is C8H8F2N2O. The van der Waals surface area contributed by atoms with Crippen molar-refractivity contribution in [3.63, 3.8) is 0 Å². The van der Waals surface area contributed by atoms with E-state index in [2.05, 4.69) is 0 Å². The van der Waals surface area contributed by atoms with Crippen LogP contribution in [0.25, 0.3) is 0 Å². The topological polar surface area (TPSA) is 70.1 Å². The van der Waals surface area contributed by atoms with Gasteiger partial charge >= 0.3 is 0 Å². The Hall–Kier alpha value is -1.65. The van der Waals surface area contributed by atoms with Crippen molar-refractivity contribution in [2.45, 2.75) is 6.42 Å². The number of benzene rings is 1. The lowest BCUT2D eigenvalue weighted by Gasteiger charge is -2.04. The second-order valence-electron chi connectivity index (χ2n) is 2.56. The molecule has 1 aromatic rings. The number of phenols is 1. The number of amidine groups is 1. The molecule has 4 N–H and O–H groups in total. The van der Waals surface area contributed by atoms with Crippen LogP contribution in [0.1, 0.15) is 5.56 Å². The van der Waals surface area contributed by atoms with Crippen LogP contribution < -0.4 is 5.73 Å². The van der Waals surface area contributed by atoms with Crippen molar-refractivity contribution in [2.75, 3.05) is 0 Å². The van der Waals surface area contributed by atoms with E-state index >= 15 is 0 Å². The molecule has 0 aliphatic heterocycles. The molecule has 0 aliphatic rings. The fraction of sp³-hybridized carbons (Fsp3) is 0.125. The van der Waals surface area contributed by atoms with E-state index in [1.54, 1.807) is 0 Å². The van der Waals surface area contributed by atoms with Crippen LogP contribution >= 0.6 is 0 Å². The maximum Gasteiger partial charge on any atom is 0.166 e. The highest BCUT2D eigenvalue weighted by molar-refractivity contribution is 5.80. The Morgan fingerprint density at radius 2 is 2.08 bits per heavy atom. The van der Waals surface area contributed by atoms with Gasteiger partial charge in [0.15, 0.2) is 11.6 Å². The summed E-state index contributed by atoms with van der Waals surface area (Å²) in [5, 5.41) is 16.0. The van der Waals surface area contributed by atoms with Gasteiger partial charge in [-0.1, -0.05) is 0 Å². The first-order valence-electron chi connectivity index (χ1n) is 3.51. The molecule has 1 rings (SSSR count). The summed E-state index contributed by atoms with van der Waals surface area (Å²) >= 11 is 0. The molecule has 0 aliphatic carbocycles. The van der Waals surface area contributed by atoms with Crippen molar-refractivity contribution in [1.82, 2.24) is 0 Å². The Morgan fingerprint density at radius 3 is 2.62 bits per heavy atom. The van der Waals surface area contributed by atoms with Gasteiger partial charge in [0.2, 0.25) is 0 Å². The van der Waals surface area contributed by atoms with E-state index in [4.69, 9.17) is 16.2 Å². The molecular weight excluding hydrogens is 178 g/mol. The van der Waals surface area contributed by atoms with E-state index in [0.717, 1.165) is 12.1 Å². The highest BCUT2D eigenvalue weighted by Crippen LogP contribution is 2.22. The summed E-state index contributed by atoms with van der Waals surface area (Å²) < 4.78 is 25.5. The molecule has 5 heteroatoms. The number of phenolic OH excluding ortho intramolecular Hbond substituents is 1. The first-order chi connectivity index (χ1) is 6.02. The van der Waals surface area contributed by atoms with E-state index in [1.807, 2.05) is 0 Å². The molecule has 0 unspecified atom stereocenters. The maximum atomic E-state index is 12.9. The van der Waals surface area contributed by atoms with Crippen LogP contribution in [0.3, 0.4) is 0 Å². The fourth-order valence-electron chi connectivity index (χ4n) is 0.941. The van der Waals surface area contributed by atoms with Crippen molar-refractivity contribution in [3.05, 3.63) is 29.3 Å². The third kappa shape index (κ3) is 1.93. The number of hydrogen-bond donors (Lipinski definition) is 3. The minimum absolute atomic E-state index is 0.285. The Bertz CT molecular complexity index is 352. The van der Waals surface area contributed by atoms with Crippen LogP contribution in [0.5, 0.6) is 5.75 Å². The van der Waals surface area contributed by atoms with Gasteiger partial charge in [-0.2, -0.15) is 0 Å². The van der Waals surface area contributed by atoms with Crippen LogP contribution in [0.2, 0.25) is 0 Å². The van der Waals surface area contributed by atoms with Gasteiger partial charge < -0.3 is 10.8 Å². The van der Waals surface area contributed by atoms with Crippen molar-refractivity contribution < 1.29 is 13.9 Å². The summed E-state index contributed by atoms with van der Waals surface area (Å²) in [5.41, 5.74) is 4.71. The molecule has 0 heterocycles. The number of halogens is 2. The molecule has 70 valence electrons. The zero-order chi connectivity index (χ0) is 10.0. The van der Waals surface area contributed by atoms with Gasteiger partial charge in [-0.3, -0.25) is 5.41 Å². The maximum absolute atomic E-state index is 12.9. The Morgan fingerprint density at radius 1 is 1.46 bits per heavy atom. The molecule has 0 aromatic heterocycles. The molecule has 0 saturated heterocycles. The predicted octanol–water partition coefficient (Wildman–Crippen LogP) is 1.15. The zero-order valence-electron chi connectivity index (χ0n) is 6.64. The smallest absolute Gasteiger partial charge is 0.166 e. The molecule has 3 nitrogen and oxygen atoms in total. The third-order valence-electron chi connectivity index (χ3n) is 1.54. The number of nitrogens with one attached hydrogen (secondary N) is 1. The number of rotatable bonds is 2. The minimum atomic E-state index is -1.16. The normalized spacial score (nSPS) is 10.0. The van der Waals surface area contributed by atoms with Gasteiger partial charge in [-0.25, -0.2) is 8.78 Å². The van der Waals surface area contributed by atoms with Crippen LogP contribution in [-0.2, 0) is 6.42 Å². The number of hydrogen-bond acceptors (Lipinski definition) is 2. The second-order valence-corrected chi connectivity index (χ2v) is 2.56. The van der Waals surface area contributed by atoms with E-state index in [9.17, 15) is 8.78 Å². The first-order valence-corrected chi connectivity index (χ1v) is 3.51. The van der Waals surface area contributed by atoms with Crippen LogP contribution in [0, 0.1) is 17.0 Å². The highest BCUT2D eigenvalue weighted by Gasteiger charge is 2.13. The van der Waals surface area contributed by atoms with Crippen molar-refractivity contribution >= 4 is 5.84 Å². The summed E-state index contributed by atoms with van der Waals surface area (Å²) in [5.74, 6) is -2.95. The Kier molecular flexibility index (Phi) is 2.46. The third-order valence-corrected chi connectivity index (χ3v) is 1.54. The van der Waals surface area contributed by atoms with Gasteiger partial charge in [-0.15, -0.1) is 0 Å². The van der Waals surface area contributed by atoms with Crippen LogP contribution in [0.15, 0.2) is 12.1 Å². The van der Waals surface area contributed by atoms with E-state index in [0.29, 0.717) is 0 Å². The van der Waals surface area contributed by atoms with Gasteiger partial charge in [0.1, 0.15) is 5.75 Å². The zero-order valence-corrected chi connectivity index (χ0v) is 6.64. The molecule has 0 amide bonds. The van der Waals surface area contributed by atoms with Gasteiger partial charge in [0.25, 0.3) is 0 Å². The second kappa shape index (κ2) is 3.38. The average molecular weight is 186 g/mol. The monoisotopic (exact) mass is 186 g/mol. The minimum Gasteiger partial charge on any atom is -0.508 e. The molecule has 0 atom stereocenters. The van der Waals surface area contributed by atoms with Crippen molar-refractivity contribution in [3.8, 4) is 5.75 Å². The molecule has 0 saturated carbocycles. The summed E-state index contributed by atoms with van der Waals surface area (Å²) in [6.45, 7) is 0. The summed E-state index contributed by atoms with van der Waals surface area (Å²) in [7, 11) is 0. The van der Waals surface area contributed by atoms with E-state index < -0.39 is 17.4 Å². The average Bonchev–Trinajstić information content (AvgIpc) is 2.05. The molecule has 1 aromatic carbocycles. The summed E-state index contributed by atoms with van der Waals surface area (Å²) in [4.78, 5) is 0. The van der Waals surface area contributed by atoms with Crippen LogP contribution in [0.4, 0.5) is 8.78 Å². The Labute approximate surface area is 73.3 Å². The number of aromatic hydroxyl groups is 1. The summed E-state index contributed by atoms with van der Waals surface area (Å²) in [6, 6.07) is 1.84. The van der Waals surface area contributed by atoms with Gasteiger partial charge in [-0.05, 0) is 12.1 Å². The number of nitrogens with two attached hydrogens (primary N) is 1. The lowest BCUT2D eigenvalue weighted by atomic mass is 10.1. The van der Waals surface area contributed by atoms with E-state index in [-0.39, 0.29) is 17.8 Å². The molecule has 0 radical (unpaired) electrons. The molecule has 0 spiro atoms. The molecule has 0 bridgehead atoms. The Balaban J connectivity index is 3.17. The predicted molar refractivity (Wildman–Crippen MR) is 43.6 cm³/mol. The largest absolute Gasteiger partial charge is 0.508 e. The SMILES string of the molecule is N=C(N)Cc1c(O)ccc(F)c1F. The fourth-order valence-corrected chi connectivity index (χ4v) is 0.941. The quantitative estimate of drug-likeness (QED) is 0.479. The van der Waals surface area contributed by atoms with Crippen molar-refractivity contribution in [2.24, 2.45) is 5.73 Å². The molecule has 13 heavy (non-hydrogen) atoms. The van der Waals surface area contributed by atoms with E-state index in [1.165, 1.54) is 0 Å². The standard InChI is InChI=1S/C8H8F2N2O/c9-5-1-2-6(13)4(8(5)10)3-7(11)12/h1-2,13H,3H2,(H3,11,12). The van der Waals surface area contributed by atoms with Gasteiger partial charge in [0, 0.05) is 12.0 Å². The lowest BCUT2D eigenvalue weighted by Crippen LogP contribution is -2.14. The van der Waals surface area contributed by atoms with Crippen LogP contribution in [-0.4, -0.2) is 10.9 Å². The lowest BCUT2D eigenvalue weighted by molar-refractivity contribution is 0.445. The highest BCUT2D eigenvalue weighted by atomic mass is 19.2. The van der Waals surface area contributed by atoms with Gasteiger partial charge in [0.05, 0.1) is 5.84 Å². The first kappa shape index (κ1) is 9.44.